The van der Waals surface area contributed by atoms with Gasteiger partial charge in [0.1, 0.15) is 11.5 Å². The number of hydrogen-bond donors (Lipinski definition) is 2. The second-order valence-electron chi connectivity index (χ2n) is 7.60. The van der Waals surface area contributed by atoms with Gasteiger partial charge in [-0.05, 0) is 50.3 Å². The number of nitrogens with one attached hydrogen (secondary N) is 1. The molecule has 1 atom stereocenters. The number of aryl methyl sites for hydroxylation is 1. The maximum absolute atomic E-state index is 14.4. The molecule has 7 nitrogen and oxygen atoms in total. The minimum atomic E-state index is -0.997. The van der Waals surface area contributed by atoms with E-state index in [0.29, 0.717) is 31.6 Å². The van der Waals surface area contributed by atoms with Gasteiger partial charge in [0.25, 0.3) is 5.91 Å². The molecule has 1 aromatic heterocycles. The fourth-order valence-corrected chi connectivity index (χ4v) is 4.08. The third kappa shape index (κ3) is 3.28. The van der Waals surface area contributed by atoms with E-state index < -0.39 is 23.2 Å². The maximum atomic E-state index is 14.4. The zero-order chi connectivity index (χ0) is 19.9. The number of nitrogens with zero attached hydrogens (tertiary/aromatic N) is 2. The molecular formula is C20H22FN3O4. The minimum absolute atomic E-state index is 0.153. The van der Waals surface area contributed by atoms with Crippen LogP contribution in [0, 0.1) is 12.7 Å². The minimum Gasteiger partial charge on any atom is -0.481 e. The van der Waals surface area contributed by atoms with E-state index in [1.165, 1.54) is 10.7 Å². The van der Waals surface area contributed by atoms with Crippen molar-refractivity contribution in [3.63, 3.8) is 0 Å². The van der Waals surface area contributed by atoms with Crippen molar-refractivity contribution in [1.29, 1.82) is 0 Å². The Morgan fingerprint density at radius 2 is 2.21 bits per heavy atom. The summed E-state index contributed by atoms with van der Waals surface area (Å²) >= 11 is 0. The highest BCUT2D eigenvalue weighted by Gasteiger charge is 2.40. The molecule has 1 aromatic carbocycles. The molecule has 2 aliphatic rings. The lowest BCUT2D eigenvalue weighted by Crippen LogP contribution is -2.50. The monoisotopic (exact) mass is 387 g/mol. The zero-order valence-electron chi connectivity index (χ0n) is 15.6. The molecule has 0 bridgehead atoms. The summed E-state index contributed by atoms with van der Waals surface area (Å²) in [5.41, 5.74) is 2.17. The zero-order valence-corrected chi connectivity index (χ0v) is 15.6. The van der Waals surface area contributed by atoms with Crippen LogP contribution >= 0.6 is 0 Å². The third-order valence-corrected chi connectivity index (χ3v) is 5.45. The number of benzene rings is 1. The number of carbonyl (C=O) groups is 2. The predicted molar refractivity (Wildman–Crippen MR) is 98.2 cm³/mol. The van der Waals surface area contributed by atoms with E-state index >= 15 is 0 Å². The molecule has 1 amide bonds. The van der Waals surface area contributed by atoms with Crippen LogP contribution in [-0.2, 0) is 22.4 Å². The van der Waals surface area contributed by atoms with Gasteiger partial charge in [-0.1, -0.05) is 6.07 Å². The first-order valence-electron chi connectivity index (χ1n) is 9.38. The van der Waals surface area contributed by atoms with E-state index in [0.717, 1.165) is 23.2 Å². The van der Waals surface area contributed by atoms with E-state index in [1.54, 1.807) is 12.1 Å². The molecule has 4 rings (SSSR count). The van der Waals surface area contributed by atoms with Crippen molar-refractivity contribution < 1.29 is 23.8 Å². The van der Waals surface area contributed by atoms with Crippen molar-refractivity contribution in [3.05, 3.63) is 46.5 Å². The predicted octanol–water partition coefficient (Wildman–Crippen LogP) is 2.17. The van der Waals surface area contributed by atoms with Crippen molar-refractivity contribution >= 4 is 11.9 Å². The fourth-order valence-electron chi connectivity index (χ4n) is 4.08. The molecule has 1 fully saturated rings. The lowest BCUT2D eigenvalue weighted by molar-refractivity contribution is -0.138. The molecule has 148 valence electrons. The van der Waals surface area contributed by atoms with Gasteiger partial charge in [-0.3, -0.25) is 9.59 Å². The summed E-state index contributed by atoms with van der Waals surface area (Å²) in [5, 5.41) is 16.5. The van der Waals surface area contributed by atoms with Crippen LogP contribution in [0.3, 0.4) is 0 Å². The van der Waals surface area contributed by atoms with Gasteiger partial charge < -0.3 is 15.2 Å². The molecule has 2 N–H and O–H groups in total. The molecule has 1 unspecified atom stereocenters. The number of fused-ring (bicyclic) bond motifs is 1. The highest BCUT2D eigenvalue weighted by atomic mass is 19.1. The van der Waals surface area contributed by atoms with E-state index in [4.69, 9.17) is 4.74 Å². The molecule has 1 aliphatic carbocycles. The van der Waals surface area contributed by atoms with Gasteiger partial charge in [-0.15, -0.1) is 0 Å². The number of aromatic nitrogens is 2. The number of amides is 1. The largest absolute Gasteiger partial charge is 0.481 e. The lowest BCUT2D eigenvalue weighted by atomic mass is 9.94. The Balaban J connectivity index is 1.70. The molecule has 0 spiro atoms. The number of halogens is 1. The Morgan fingerprint density at radius 1 is 1.39 bits per heavy atom. The number of carbonyl (C=O) groups excluding carboxylic acids is 1. The summed E-state index contributed by atoms with van der Waals surface area (Å²) < 4.78 is 21.3. The molecule has 28 heavy (non-hydrogen) atoms. The smallest absolute Gasteiger partial charge is 0.305 e. The number of carboxylic acid groups (broad SMARTS) is 1. The van der Waals surface area contributed by atoms with Gasteiger partial charge in [0.2, 0.25) is 0 Å². The standard InChI is InChI=1S/C20H22FN3O4/c1-12-5-6-14(21)16(9-12)24-15-4-2-3-13(15)18(23-24)19(27)22-20(10-17(25)26)7-8-28-11-20/h5-6,9H,2-4,7-8,10-11H2,1H3,(H,22,27)(H,25,26). The van der Waals surface area contributed by atoms with Gasteiger partial charge in [0, 0.05) is 17.9 Å². The Bertz CT molecular complexity index is 947. The van der Waals surface area contributed by atoms with Crippen molar-refractivity contribution in [2.75, 3.05) is 13.2 Å². The molecular weight excluding hydrogens is 365 g/mol. The van der Waals surface area contributed by atoms with Gasteiger partial charge in [-0.2, -0.15) is 5.10 Å². The molecule has 0 saturated carbocycles. The summed E-state index contributed by atoms with van der Waals surface area (Å²) in [6, 6.07) is 4.79. The van der Waals surface area contributed by atoms with E-state index in [9.17, 15) is 19.1 Å². The third-order valence-electron chi connectivity index (χ3n) is 5.45. The van der Waals surface area contributed by atoms with Crippen LogP contribution in [-0.4, -0.2) is 45.5 Å². The first-order chi connectivity index (χ1) is 13.4. The second kappa shape index (κ2) is 7.01. The number of aliphatic carboxylic acids is 1. The van der Waals surface area contributed by atoms with Crippen LogP contribution < -0.4 is 5.32 Å². The van der Waals surface area contributed by atoms with E-state index in [1.807, 2.05) is 6.92 Å². The SMILES string of the molecule is Cc1ccc(F)c(-n2nc(C(=O)NC3(CC(=O)O)CCOC3)c3c2CCC3)c1. The second-order valence-corrected chi connectivity index (χ2v) is 7.60. The van der Waals surface area contributed by atoms with Crippen LogP contribution in [0.15, 0.2) is 18.2 Å². The van der Waals surface area contributed by atoms with Crippen LogP contribution in [0.1, 0.15) is 46.6 Å². The molecule has 1 aliphatic heterocycles. The number of hydrogen-bond acceptors (Lipinski definition) is 4. The molecule has 2 aromatic rings. The van der Waals surface area contributed by atoms with Crippen molar-refractivity contribution in [1.82, 2.24) is 15.1 Å². The molecule has 2 heterocycles. The number of ether oxygens (including phenoxy) is 1. The number of rotatable bonds is 5. The number of carboxylic acids is 1. The van der Waals surface area contributed by atoms with Gasteiger partial charge in [0.05, 0.1) is 18.6 Å². The van der Waals surface area contributed by atoms with Crippen LogP contribution in [0.4, 0.5) is 4.39 Å². The fraction of sp³-hybridized carbons (Fsp3) is 0.450. The lowest BCUT2D eigenvalue weighted by Gasteiger charge is -2.26. The van der Waals surface area contributed by atoms with Crippen molar-refractivity contribution in [2.45, 2.75) is 44.6 Å². The highest BCUT2D eigenvalue weighted by molar-refractivity contribution is 5.95. The molecule has 0 radical (unpaired) electrons. The van der Waals surface area contributed by atoms with Gasteiger partial charge >= 0.3 is 5.97 Å². The maximum Gasteiger partial charge on any atom is 0.305 e. The van der Waals surface area contributed by atoms with Crippen LogP contribution in [0.25, 0.3) is 5.69 Å². The van der Waals surface area contributed by atoms with E-state index in [-0.39, 0.29) is 18.7 Å². The van der Waals surface area contributed by atoms with Crippen molar-refractivity contribution in [3.8, 4) is 5.69 Å². The summed E-state index contributed by atoms with van der Waals surface area (Å²) in [5.74, 6) is -1.83. The Kier molecular flexibility index (Phi) is 4.66. The van der Waals surface area contributed by atoms with Crippen LogP contribution in [0.5, 0.6) is 0 Å². The summed E-state index contributed by atoms with van der Waals surface area (Å²) in [7, 11) is 0. The quantitative estimate of drug-likeness (QED) is 0.820. The van der Waals surface area contributed by atoms with Gasteiger partial charge in [-0.25, -0.2) is 9.07 Å². The normalized spacial score (nSPS) is 20.9. The highest BCUT2D eigenvalue weighted by Crippen LogP contribution is 2.30. The average Bonchev–Trinajstić information content (AvgIpc) is 3.33. The topological polar surface area (TPSA) is 93.5 Å². The molecule has 1 saturated heterocycles. The van der Waals surface area contributed by atoms with E-state index in [2.05, 4.69) is 10.4 Å². The first-order valence-corrected chi connectivity index (χ1v) is 9.38. The Morgan fingerprint density at radius 3 is 2.93 bits per heavy atom. The summed E-state index contributed by atoms with van der Waals surface area (Å²) in [6.07, 6.45) is 2.49. The summed E-state index contributed by atoms with van der Waals surface area (Å²) in [6.45, 7) is 2.42. The first kappa shape index (κ1) is 18.6. The molecule has 8 heteroatoms. The summed E-state index contributed by atoms with van der Waals surface area (Å²) in [4.78, 5) is 24.3. The van der Waals surface area contributed by atoms with Crippen molar-refractivity contribution in [2.24, 2.45) is 0 Å². The van der Waals surface area contributed by atoms with Crippen LogP contribution in [0.2, 0.25) is 0 Å². The Labute approximate surface area is 161 Å². The average molecular weight is 387 g/mol. The van der Waals surface area contributed by atoms with Gasteiger partial charge in [0.15, 0.2) is 5.69 Å². The Hall–Kier alpha value is -2.74.